The summed E-state index contributed by atoms with van der Waals surface area (Å²) in [6, 6.07) is 0. The maximum absolute atomic E-state index is 11.6. The molecule has 0 atom stereocenters. The van der Waals surface area contributed by atoms with Crippen LogP contribution in [0.5, 0.6) is 0 Å². The molecule has 0 saturated heterocycles. The molecular weight excluding hydrogens is 312 g/mol. The fraction of sp³-hybridized carbons (Fsp3) is 0.700. The highest BCUT2D eigenvalue weighted by Crippen LogP contribution is 2.41. The summed E-state index contributed by atoms with van der Waals surface area (Å²) < 4.78 is 57.6. The summed E-state index contributed by atoms with van der Waals surface area (Å²) in [7, 11) is -7.31. The van der Waals surface area contributed by atoms with Gasteiger partial charge in [0, 0.05) is 0 Å². The van der Waals surface area contributed by atoms with E-state index in [2.05, 4.69) is 8.37 Å². The maximum Gasteiger partial charge on any atom is 0.317 e. The molecule has 0 amide bonds. The minimum absolute atomic E-state index is 0.162. The van der Waals surface area contributed by atoms with Crippen molar-refractivity contribution < 1.29 is 34.7 Å². The number of hydrogen-bond acceptors (Lipinski definition) is 8. The molecule has 1 aliphatic carbocycles. The molecule has 0 N–H and O–H groups in total. The van der Waals surface area contributed by atoms with Crippen molar-refractivity contribution in [3.05, 3.63) is 11.1 Å². The summed E-state index contributed by atoms with van der Waals surface area (Å²) in [5, 5.41) is 0. The largest absolute Gasteiger partial charge is 0.465 e. The van der Waals surface area contributed by atoms with Crippen molar-refractivity contribution in [3.8, 4) is 0 Å². The van der Waals surface area contributed by atoms with Gasteiger partial charge in [-0.05, 0) is 18.1 Å². The van der Waals surface area contributed by atoms with Crippen molar-refractivity contribution in [2.24, 2.45) is 5.92 Å². The fourth-order valence-corrected chi connectivity index (χ4v) is 2.20. The van der Waals surface area contributed by atoms with Crippen LogP contribution in [-0.4, -0.2) is 55.1 Å². The van der Waals surface area contributed by atoms with Gasteiger partial charge in [-0.3, -0.25) is 13.2 Å². The molecule has 0 aromatic carbocycles. The van der Waals surface area contributed by atoms with Crippen molar-refractivity contribution in [2.75, 3.05) is 32.3 Å². The fourth-order valence-electron chi connectivity index (χ4n) is 1.52. The van der Waals surface area contributed by atoms with E-state index >= 15 is 0 Å². The summed E-state index contributed by atoms with van der Waals surface area (Å²) >= 11 is 0. The first-order valence-electron chi connectivity index (χ1n) is 5.62. The summed E-state index contributed by atoms with van der Waals surface area (Å²) in [4.78, 5) is 11.6. The SMILES string of the molecule is CCOC(=O)C1C(COS(C)(=O)=O)=C1COS(C)(=O)=O. The van der Waals surface area contributed by atoms with Crippen LogP contribution in [-0.2, 0) is 38.1 Å². The van der Waals surface area contributed by atoms with Crippen LogP contribution in [0.1, 0.15) is 6.92 Å². The number of ether oxygens (including phenoxy) is 1. The predicted molar refractivity (Wildman–Crippen MR) is 68.7 cm³/mol. The molecule has 0 heterocycles. The number of carbonyl (C=O) groups excluding carboxylic acids is 1. The van der Waals surface area contributed by atoms with E-state index in [1.807, 2.05) is 0 Å². The average molecular weight is 328 g/mol. The lowest BCUT2D eigenvalue weighted by Crippen LogP contribution is -2.13. The van der Waals surface area contributed by atoms with Crippen molar-refractivity contribution in [1.82, 2.24) is 0 Å². The van der Waals surface area contributed by atoms with Gasteiger partial charge in [0.25, 0.3) is 20.2 Å². The summed E-state index contributed by atoms with van der Waals surface area (Å²) in [6.07, 6.45) is 1.75. The third-order valence-electron chi connectivity index (χ3n) is 2.41. The molecule has 0 saturated carbocycles. The first-order chi connectivity index (χ1) is 9.05. The van der Waals surface area contributed by atoms with Crippen LogP contribution in [0.4, 0.5) is 0 Å². The van der Waals surface area contributed by atoms with E-state index in [0.29, 0.717) is 11.1 Å². The minimum Gasteiger partial charge on any atom is -0.465 e. The van der Waals surface area contributed by atoms with Crippen LogP contribution in [0.15, 0.2) is 11.1 Å². The summed E-state index contributed by atoms with van der Waals surface area (Å²) in [5.74, 6) is -1.34. The van der Waals surface area contributed by atoms with Gasteiger partial charge in [-0.25, -0.2) is 0 Å². The minimum atomic E-state index is -3.65. The van der Waals surface area contributed by atoms with Gasteiger partial charge < -0.3 is 4.74 Å². The van der Waals surface area contributed by atoms with Crippen LogP contribution >= 0.6 is 0 Å². The molecule has 0 aromatic heterocycles. The first-order valence-corrected chi connectivity index (χ1v) is 9.25. The van der Waals surface area contributed by atoms with Gasteiger partial charge in [0.1, 0.15) is 5.92 Å². The van der Waals surface area contributed by atoms with Crippen molar-refractivity contribution in [2.45, 2.75) is 6.92 Å². The lowest BCUT2D eigenvalue weighted by molar-refractivity contribution is -0.144. The number of carbonyl (C=O) groups is 1. The third kappa shape index (κ3) is 5.57. The van der Waals surface area contributed by atoms with E-state index in [0.717, 1.165) is 12.5 Å². The van der Waals surface area contributed by atoms with Crippen molar-refractivity contribution >= 4 is 26.2 Å². The van der Waals surface area contributed by atoms with Crippen LogP contribution in [0.2, 0.25) is 0 Å². The first kappa shape index (κ1) is 17.1. The number of esters is 1. The highest BCUT2D eigenvalue weighted by Gasteiger charge is 2.44. The second-order valence-corrected chi connectivity index (χ2v) is 7.46. The molecule has 0 spiro atoms. The molecule has 1 rings (SSSR count). The zero-order valence-corrected chi connectivity index (χ0v) is 12.9. The lowest BCUT2D eigenvalue weighted by atomic mass is 10.2. The zero-order valence-electron chi connectivity index (χ0n) is 11.3. The Bertz CT molecular complexity index is 568. The quantitative estimate of drug-likeness (QED) is 0.331. The highest BCUT2D eigenvalue weighted by atomic mass is 32.2. The Kier molecular flexibility index (Phi) is 5.30. The molecule has 0 aliphatic heterocycles. The molecule has 0 aromatic rings. The van der Waals surface area contributed by atoms with Gasteiger partial charge in [-0.1, -0.05) is 0 Å². The van der Waals surface area contributed by atoms with Crippen LogP contribution < -0.4 is 0 Å². The van der Waals surface area contributed by atoms with Gasteiger partial charge in [0.15, 0.2) is 0 Å². The second-order valence-electron chi connectivity index (χ2n) is 4.17. The standard InChI is InChI=1S/C10H16O8S2/c1-4-16-10(11)9-7(5-17-19(2,12)13)8(9)6-18-20(3,14)15/h9H,4-6H2,1-3H3. The Morgan fingerprint density at radius 3 is 1.70 bits per heavy atom. The van der Waals surface area contributed by atoms with E-state index in [1.54, 1.807) is 6.92 Å². The van der Waals surface area contributed by atoms with Gasteiger partial charge in [-0.2, -0.15) is 16.8 Å². The Morgan fingerprint density at radius 1 is 1.00 bits per heavy atom. The molecule has 1 aliphatic rings. The predicted octanol–water partition coefficient (Wildman–Crippen LogP) is -0.572. The Labute approximate surface area is 117 Å². The normalized spacial score (nSPS) is 16.4. The van der Waals surface area contributed by atoms with Crippen LogP contribution in [0, 0.1) is 5.92 Å². The van der Waals surface area contributed by atoms with E-state index in [-0.39, 0.29) is 19.8 Å². The molecule has 0 bridgehead atoms. The van der Waals surface area contributed by atoms with Crippen molar-refractivity contribution in [1.29, 1.82) is 0 Å². The monoisotopic (exact) mass is 328 g/mol. The average Bonchev–Trinajstić information content (AvgIpc) is 2.95. The molecule has 0 radical (unpaired) electrons. The summed E-state index contributed by atoms with van der Waals surface area (Å²) in [6.45, 7) is 1.16. The summed E-state index contributed by atoms with van der Waals surface area (Å²) in [5.41, 5.74) is 0.745. The molecule has 0 fully saturated rings. The topological polar surface area (TPSA) is 113 Å². The molecular formula is C10H16O8S2. The van der Waals surface area contributed by atoms with Gasteiger partial charge >= 0.3 is 5.97 Å². The van der Waals surface area contributed by atoms with E-state index in [9.17, 15) is 21.6 Å². The van der Waals surface area contributed by atoms with E-state index in [1.165, 1.54) is 0 Å². The van der Waals surface area contributed by atoms with E-state index in [4.69, 9.17) is 4.74 Å². The highest BCUT2D eigenvalue weighted by molar-refractivity contribution is 7.86. The van der Waals surface area contributed by atoms with E-state index < -0.39 is 32.1 Å². The van der Waals surface area contributed by atoms with Crippen molar-refractivity contribution in [3.63, 3.8) is 0 Å². The van der Waals surface area contributed by atoms with Gasteiger partial charge in [-0.15, -0.1) is 0 Å². The van der Waals surface area contributed by atoms with Crippen LogP contribution in [0.25, 0.3) is 0 Å². The second kappa shape index (κ2) is 6.20. The molecule has 8 nitrogen and oxygen atoms in total. The number of hydrogen-bond donors (Lipinski definition) is 0. The smallest absolute Gasteiger partial charge is 0.317 e. The molecule has 20 heavy (non-hydrogen) atoms. The maximum atomic E-state index is 11.6. The molecule has 0 unspecified atom stereocenters. The Balaban J connectivity index is 2.71. The Morgan fingerprint density at radius 2 is 1.40 bits per heavy atom. The molecule has 10 heteroatoms. The Hall–Kier alpha value is -0.970. The third-order valence-corrected chi connectivity index (χ3v) is 3.50. The van der Waals surface area contributed by atoms with Gasteiger partial charge in [0.05, 0.1) is 32.3 Å². The molecule has 116 valence electrons. The lowest BCUT2D eigenvalue weighted by Gasteiger charge is -2.02. The van der Waals surface area contributed by atoms with Gasteiger partial charge in [0.2, 0.25) is 0 Å². The van der Waals surface area contributed by atoms with Crippen LogP contribution in [0.3, 0.4) is 0 Å². The zero-order chi connectivity index (χ0) is 15.6. The number of rotatable bonds is 8.